The maximum atomic E-state index is 11.7. The van der Waals surface area contributed by atoms with Gasteiger partial charge in [-0.05, 0) is 55.8 Å². The van der Waals surface area contributed by atoms with Crippen LogP contribution < -0.4 is 0 Å². The molecule has 0 aromatic carbocycles. The van der Waals surface area contributed by atoms with Gasteiger partial charge in [0.05, 0.1) is 0 Å². The Morgan fingerprint density at radius 1 is 1.07 bits per heavy atom. The Morgan fingerprint density at radius 3 is 2.27 bits per heavy atom. The van der Waals surface area contributed by atoms with E-state index in [-0.39, 0.29) is 0 Å². The van der Waals surface area contributed by atoms with Crippen LogP contribution in [0.4, 0.5) is 0 Å². The van der Waals surface area contributed by atoms with Gasteiger partial charge < -0.3 is 0 Å². The quantitative estimate of drug-likeness (QED) is 0.600. The van der Waals surface area contributed by atoms with Gasteiger partial charge in [-0.1, -0.05) is 19.1 Å². The topological polar surface area (TPSA) is 17.1 Å². The molecule has 0 amide bonds. The average Bonchev–Trinajstić information content (AvgIpc) is 2.73. The maximum Gasteiger partial charge on any atom is 0.133 e. The summed E-state index contributed by atoms with van der Waals surface area (Å²) in [4.78, 5) is 11.7. The predicted molar refractivity (Wildman–Crippen MR) is 60.3 cm³/mol. The lowest BCUT2D eigenvalue weighted by atomic mass is 9.64. The van der Waals surface area contributed by atoms with Crippen molar-refractivity contribution in [2.24, 2.45) is 35.5 Å². The lowest BCUT2D eigenvalue weighted by Gasteiger charge is -2.39. The highest BCUT2D eigenvalue weighted by Gasteiger charge is 2.56. The molecular weight excluding hydrogens is 184 g/mol. The van der Waals surface area contributed by atoms with Crippen LogP contribution in [0, 0.1) is 35.5 Å². The molecule has 3 aliphatic carbocycles. The molecule has 0 radical (unpaired) electrons. The molecule has 1 heteroatoms. The van der Waals surface area contributed by atoms with Gasteiger partial charge in [-0.3, -0.25) is 4.79 Å². The van der Waals surface area contributed by atoms with Gasteiger partial charge in [0.25, 0.3) is 0 Å². The molecule has 0 N–H and O–H groups in total. The van der Waals surface area contributed by atoms with Crippen molar-refractivity contribution in [3.05, 3.63) is 12.2 Å². The molecule has 0 spiro atoms. The minimum atomic E-state index is 0.391. The summed E-state index contributed by atoms with van der Waals surface area (Å²) in [5, 5.41) is 0. The summed E-state index contributed by atoms with van der Waals surface area (Å²) in [7, 11) is 0. The van der Waals surface area contributed by atoms with E-state index in [1.807, 2.05) is 0 Å². The van der Waals surface area contributed by atoms with Gasteiger partial charge in [-0.2, -0.15) is 0 Å². The molecule has 0 heterocycles. The Kier molecular flexibility index (Phi) is 2.05. The van der Waals surface area contributed by atoms with E-state index >= 15 is 0 Å². The fourth-order valence-corrected chi connectivity index (χ4v) is 4.85. The van der Waals surface area contributed by atoms with Crippen molar-refractivity contribution in [2.45, 2.75) is 33.1 Å². The van der Waals surface area contributed by atoms with Gasteiger partial charge in [0.1, 0.15) is 5.78 Å². The predicted octanol–water partition coefficient (Wildman–Crippen LogP) is 3.06. The number of carbonyl (C=O) groups excluding carboxylic acids is 1. The summed E-state index contributed by atoms with van der Waals surface area (Å²) in [5.74, 6) is 4.80. The van der Waals surface area contributed by atoms with E-state index in [1.165, 1.54) is 19.3 Å². The van der Waals surface area contributed by atoms with Crippen molar-refractivity contribution in [2.75, 3.05) is 0 Å². The lowest BCUT2D eigenvalue weighted by molar-refractivity contribution is -0.125. The summed E-state index contributed by atoms with van der Waals surface area (Å²) in [5.41, 5.74) is 0. The SMILES string of the molecule is CC(=O)C1C(C)C2CC1C1CC=CCC21. The third-order valence-corrected chi connectivity index (χ3v) is 5.35. The fourth-order valence-electron chi connectivity index (χ4n) is 4.85. The van der Waals surface area contributed by atoms with Crippen LogP contribution in [-0.4, -0.2) is 5.78 Å². The molecule has 6 atom stereocenters. The number of fused-ring (bicyclic) bond motifs is 5. The normalized spacial score (nSPS) is 51.9. The highest BCUT2D eigenvalue weighted by atomic mass is 16.1. The number of Topliss-reactive ketones (excluding diaryl/α,β-unsaturated/α-hetero) is 1. The zero-order valence-electron chi connectivity index (χ0n) is 9.65. The molecule has 0 aliphatic heterocycles. The monoisotopic (exact) mass is 204 g/mol. The van der Waals surface area contributed by atoms with Gasteiger partial charge in [0.2, 0.25) is 0 Å². The van der Waals surface area contributed by atoms with Crippen molar-refractivity contribution in [1.82, 2.24) is 0 Å². The molecule has 0 aromatic rings. The lowest BCUT2D eigenvalue weighted by Crippen LogP contribution is -2.37. The van der Waals surface area contributed by atoms with Gasteiger partial charge in [0, 0.05) is 5.92 Å². The highest BCUT2D eigenvalue weighted by Crippen LogP contribution is 2.61. The van der Waals surface area contributed by atoms with Crippen LogP contribution in [0.1, 0.15) is 33.1 Å². The van der Waals surface area contributed by atoms with Gasteiger partial charge >= 0.3 is 0 Å². The smallest absolute Gasteiger partial charge is 0.133 e. The summed E-state index contributed by atoms with van der Waals surface area (Å²) in [6, 6.07) is 0. The van der Waals surface area contributed by atoms with Crippen LogP contribution in [0.5, 0.6) is 0 Å². The summed E-state index contributed by atoms with van der Waals surface area (Å²) >= 11 is 0. The third-order valence-electron chi connectivity index (χ3n) is 5.35. The molecule has 0 aromatic heterocycles. The Balaban J connectivity index is 1.91. The van der Waals surface area contributed by atoms with Crippen LogP contribution in [0.25, 0.3) is 0 Å². The first kappa shape index (κ1) is 9.62. The number of carbonyl (C=O) groups is 1. The second kappa shape index (κ2) is 3.20. The molecule has 15 heavy (non-hydrogen) atoms. The Hall–Kier alpha value is -0.590. The van der Waals surface area contributed by atoms with Crippen molar-refractivity contribution in [1.29, 1.82) is 0 Å². The highest BCUT2D eigenvalue weighted by molar-refractivity contribution is 5.79. The third kappa shape index (κ3) is 1.18. The van der Waals surface area contributed by atoms with Crippen molar-refractivity contribution in [3.8, 4) is 0 Å². The summed E-state index contributed by atoms with van der Waals surface area (Å²) in [6.07, 6.45) is 8.55. The molecule has 2 bridgehead atoms. The van der Waals surface area contributed by atoms with Gasteiger partial charge in [-0.15, -0.1) is 0 Å². The van der Waals surface area contributed by atoms with Crippen LogP contribution in [0.15, 0.2) is 12.2 Å². The van der Waals surface area contributed by atoms with Crippen molar-refractivity contribution in [3.63, 3.8) is 0 Å². The first-order chi connectivity index (χ1) is 7.20. The van der Waals surface area contributed by atoms with Crippen LogP contribution in [0.3, 0.4) is 0 Å². The first-order valence-corrected chi connectivity index (χ1v) is 6.35. The van der Waals surface area contributed by atoms with E-state index in [0.29, 0.717) is 17.6 Å². The largest absolute Gasteiger partial charge is 0.300 e. The second-order valence-electron chi connectivity index (χ2n) is 5.83. The van der Waals surface area contributed by atoms with E-state index in [1.54, 1.807) is 6.92 Å². The molecule has 2 saturated carbocycles. The molecule has 3 rings (SSSR count). The Morgan fingerprint density at radius 2 is 1.67 bits per heavy atom. The van der Waals surface area contributed by atoms with E-state index in [2.05, 4.69) is 19.1 Å². The van der Waals surface area contributed by atoms with E-state index in [9.17, 15) is 4.79 Å². The zero-order chi connectivity index (χ0) is 10.6. The second-order valence-corrected chi connectivity index (χ2v) is 5.83. The van der Waals surface area contributed by atoms with Crippen molar-refractivity contribution >= 4 is 5.78 Å². The number of hydrogen-bond acceptors (Lipinski definition) is 1. The molecule has 2 fully saturated rings. The van der Waals surface area contributed by atoms with Gasteiger partial charge in [0.15, 0.2) is 0 Å². The minimum Gasteiger partial charge on any atom is -0.300 e. The van der Waals surface area contributed by atoms with Gasteiger partial charge in [-0.25, -0.2) is 0 Å². The molecular formula is C14H20O. The average molecular weight is 204 g/mol. The first-order valence-electron chi connectivity index (χ1n) is 6.35. The van der Waals surface area contributed by atoms with E-state index < -0.39 is 0 Å². The van der Waals surface area contributed by atoms with Crippen molar-refractivity contribution < 1.29 is 4.79 Å². The Labute approximate surface area is 91.9 Å². The maximum absolute atomic E-state index is 11.7. The molecule has 0 saturated heterocycles. The van der Waals surface area contributed by atoms with Crippen LogP contribution >= 0.6 is 0 Å². The number of rotatable bonds is 1. The summed E-state index contributed by atoms with van der Waals surface area (Å²) in [6.45, 7) is 4.11. The van der Waals surface area contributed by atoms with Crippen LogP contribution in [-0.2, 0) is 4.79 Å². The summed E-state index contributed by atoms with van der Waals surface area (Å²) < 4.78 is 0. The van der Waals surface area contributed by atoms with Crippen LogP contribution in [0.2, 0.25) is 0 Å². The molecule has 3 aliphatic rings. The number of hydrogen-bond donors (Lipinski definition) is 0. The Bertz CT molecular complexity index is 317. The minimum absolute atomic E-state index is 0.391. The van der Waals surface area contributed by atoms with E-state index in [4.69, 9.17) is 0 Å². The number of allylic oxidation sites excluding steroid dienone is 2. The molecule has 82 valence electrons. The van der Waals surface area contributed by atoms with E-state index in [0.717, 1.165) is 23.7 Å². The fraction of sp³-hybridized carbons (Fsp3) is 0.786. The standard InChI is InChI=1S/C14H20O/c1-8-12-7-13(14(8)9(2)15)11-6-4-3-5-10(11)12/h3-4,8,10-14H,5-7H2,1-2H3. The molecule has 1 nitrogen and oxygen atoms in total. The zero-order valence-corrected chi connectivity index (χ0v) is 9.65. The number of ketones is 1. The molecule has 6 unspecified atom stereocenters.